The number of halogens is 2. The first-order valence-electron chi connectivity index (χ1n) is 7.10. The van der Waals surface area contributed by atoms with Gasteiger partial charge in [-0.25, -0.2) is 4.79 Å². The van der Waals surface area contributed by atoms with Crippen molar-refractivity contribution in [2.45, 2.75) is 19.6 Å². The lowest BCUT2D eigenvalue weighted by Gasteiger charge is -2.11. The number of nitrogens with one attached hydrogen (secondary N) is 1. The Balaban J connectivity index is 1.86. The molecule has 1 aromatic heterocycles. The summed E-state index contributed by atoms with van der Waals surface area (Å²) in [5, 5.41) is 5.49. The maximum Gasteiger partial charge on any atom is 0.331 e. The van der Waals surface area contributed by atoms with Crippen LogP contribution in [0.15, 0.2) is 41.8 Å². The van der Waals surface area contributed by atoms with E-state index in [1.165, 1.54) is 19.1 Å². The molecular weight excluding hydrogens is 369 g/mol. The second-order valence-corrected chi connectivity index (χ2v) is 6.69. The number of carbonyl (C=O) groups is 2. The van der Waals surface area contributed by atoms with Crippen molar-refractivity contribution in [1.29, 1.82) is 0 Å². The maximum absolute atomic E-state index is 11.9. The van der Waals surface area contributed by atoms with Crippen molar-refractivity contribution in [1.82, 2.24) is 5.32 Å². The molecule has 0 bridgehead atoms. The van der Waals surface area contributed by atoms with Crippen LogP contribution in [0.4, 0.5) is 0 Å². The number of amides is 1. The maximum atomic E-state index is 11.9. The minimum absolute atomic E-state index is 0.360. The molecule has 0 aliphatic carbocycles. The van der Waals surface area contributed by atoms with E-state index < -0.39 is 12.1 Å². The van der Waals surface area contributed by atoms with Gasteiger partial charge in [0.2, 0.25) is 0 Å². The summed E-state index contributed by atoms with van der Waals surface area (Å²) in [6.45, 7) is 1.92. The zero-order chi connectivity index (χ0) is 17.5. The van der Waals surface area contributed by atoms with Gasteiger partial charge >= 0.3 is 5.97 Å². The fourth-order valence-corrected chi connectivity index (χ4v) is 2.99. The van der Waals surface area contributed by atoms with E-state index in [0.29, 0.717) is 22.2 Å². The molecule has 0 saturated carbocycles. The minimum atomic E-state index is -0.899. The number of ether oxygens (including phenoxy) is 1. The van der Waals surface area contributed by atoms with Gasteiger partial charge in [-0.2, -0.15) is 0 Å². The second kappa shape index (κ2) is 8.87. The number of thiophene rings is 1. The van der Waals surface area contributed by atoms with Gasteiger partial charge in [-0.05, 0) is 36.6 Å². The van der Waals surface area contributed by atoms with Crippen LogP contribution < -0.4 is 5.32 Å². The molecule has 0 fully saturated rings. The van der Waals surface area contributed by atoms with Crippen LogP contribution in [0.25, 0.3) is 6.08 Å². The van der Waals surface area contributed by atoms with Crippen molar-refractivity contribution in [2.24, 2.45) is 0 Å². The molecule has 1 N–H and O–H groups in total. The molecule has 1 heterocycles. The molecule has 2 aromatic rings. The highest BCUT2D eigenvalue weighted by Gasteiger charge is 2.16. The summed E-state index contributed by atoms with van der Waals surface area (Å²) in [7, 11) is 0. The van der Waals surface area contributed by atoms with Gasteiger partial charge in [-0.1, -0.05) is 35.3 Å². The third-order valence-corrected chi connectivity index (χ3v) is 4.60. The topological polar surface area (TPSA) is 55.4 Å². The SMILES string of the molecule is C[C@H](OC(=O)/C=C/c1c(Cl)cccc1Cl)C(=O)NCc1cccs1. The lowest BCUT2D eigenvalue weighted by atomic mass is 10.2. The fraction of sp³-hybridized carbons (Fsp3) is 0.176. The van der Waals surface area contributed by atoms with Crippen LogP contribution >= 0.6 is 34.5 Å². The molecule has 126 valence electrons. The smallest absolute Gasteiger partial charge is 0.331 e. The van der Waals surface area contributed by atoms with Gasteiger partial charge in [-0.15, -0.1) is 11.3 Å². The van der Waals surface area contributed by atoms with Gasteiger partial charge in [0.15, 0.2) is 6.10 Å². The Hall–Kier alpha value is -1.82. The molecule has 4 nitrogen and oxygen atoms in total. The Morgan fingerprint density at radius 3 is 2.58 bits per heavy atom. The predicted molar refractivity (Wildman–Crippen MR) is 97.2 cm³/mol. The quantitative estimate of drug-likeness (QED) is 0.596. The number of esters is 1. The Labute approximate surface area is 154 Å². The van der Waals surface area contributed by atoms with E-state index in [0.717, 1.165) is 4.88 Å². The first kappa shape index (κ1) is 18.5. The van der Waals surface area contributed by atoms with Gasteiger partial charge in [0.05, 0.1) is 6.54 Å². The van der Waals surface area contributed by atoms with E-state index in [1.807, 2.05) is 17.5 Å². The van der Waals surface area contributed by atoms with Crippen molar-refractivity contribution in [2.75, 3.05) is 0 Å². The van der Waals surface area contributed by atoms with Crippen molar-refractivity contribution in [3.8, 4) is 0 Å². The Morgan fingerprint density at radius 2 is 1.96 bits per heavy atom. The first-order chi connectivity index (χ1) is 11.5. The first-order valence-corrected chi connectivity index (χ1v) is 8.73. The Morgan fingerprint density at radius 1 is 1.25 bits per heavy atom. The number of rotatable bonds is 6. The van der Waals surface area contributed by atoms with Crippen LogP contribution in [0.5, 0.6) is 0 Å². The molecule has 0 aliphatic heterocycles. The zero-order valence-electron chi connectivity index (χ0n) is 12.8. The molecule has 1 aromatic carbocycles. The van der Waals surface area contributed by atoms with E-state index in [1.54, 1.807) is 29.5 Å². The highest BCUT2D eigenvalue weighted by Crippen LogP contribution is 2.25. The number of hydrogen-bond acceptors (Lipinski definition) is 4. The van der Waals surface area contributed by atoms with Crippen LogP contribution in [0, 0.1) is 0 Å². The lowest BCUT2D eigenvalue weighted by molar-refractivity contribution is -0.150. The Kier molecular flexibility index (Phi) is 6.85. The van der Waals surface area contributed by atoms with Gasteiger partial charge in [0.1, 0.15) is 0 Å². The zero-order valence-corrected chi connectivity index (χ0v) is 15.1. The molecule has 24 heavy (non-hydrogen) atoms. The molecule has 0 unspecified atom stereocenters. The highest BCUT2D eigenvalue weighted by atomic mass is 35.5. The summed E-state index contributed by atoms with van der Waals surface area (Å²) in [6, 6.07) is 8.86. The summed E-state index contributed by atoms with van der Waals surface area (Å²) < 4.78 is 5.06. The van der Waals surface area contributed by atoms with E-state index in [-0.39, 0.29) is 5.91 Å². The number of benzene rings is 1. The van der Waals surface area contributed by atoms with Crippen molar-refractivity contribution in [3.05, 3.63) is 62.3 Å². The van der Waals surface area contributed by atoms with Crippen LogP contribution in [-0.2, 0) is 20.9 Å². The van der Waals surface area contributed by atoms with Gasteiger partial charge in [0.25, 0.3) is 5.91 Å². The second-order valence-electron chi connectivity index (χ2n) is 4.84. The number of hydrogen-bond donors (Lipinski definition) is 1. The molecule has 1 amide bonds. The molecule has 0 radical (unpaired) electrons. The van der Waals surface area contributed by atoms with E-state index in [9.17, 15) is 9.59 Å². The summed E-state index contributed by atoms with van der Waals surface area (Å²) in [5.41, 5.74) is 0.521. The monoisotopic (exact) mass is 383 g/mol. The lowest BCUT2D eigenvalue weighted by Crippen LogP contribution is -2.34. The van der Waals surface area contributed by atoms with Crippen molar-refractivity contribution in [3.63, 3.8) is 0 Å². The van der Waals surface area contributed by atoms with Gasteiger partial charge in [-0.3, -0.25) is 4.79 Å². The highest BCUT2D eigenvalue weighted by molar-refractivity contribution is 7.09. The summed E-state index contributed by atoms with van der Waals surface area (Å²) in [4.78, 5) is 24.7. The van der Waals surface area contributed by atoms with E-state index in [2.05, 4.69) is 5.32 Å². The molecule has 2 rings (SSSR count). The van der Waals surface area contributed by atoms with Gasteiger partial charge in [0, 0.05) is 26.6 Å². The summed E-state index contributed by atoms with van der Waals surface area (Å²) in [6.07, 6.45) is 1.75. The summed E-state index contributed by atoms with van der Waals surface area (Å²) in [5.74, 6) is -1.01. The molecular formula is C17H15Cl2NO3S. The standard InChI is InChI=1S/C17H15Cl2NO3S/c1-11(17(22)20-10-12-4-3-9-24-12)23-16(21)8-7-13-14(18)5-2-6-15(13)19/h2-9,11H,10H2,1H3,(H,20,22)/b8-7+/t11-/m0/s1. The number of carbonyl (C=O) groups excluding carboxylic acids is 2. The molecule has 0 spiro atoms. The van der Waals surface area contributed by atoms with Gasteiger partial charge < -0.3 is 10.1 Å². The minimum Gasteiger partial charge on any atom is -0.449 e. The average molecular weight is 384 g/mol. The van der Waals surface area contributed by atoms with E-state index >= 15 is 0 Å². The van der Waals surface area contributed by atoms with Crippen LogP contribution in [-0.4, -0.2) is 18.0 Å². The third-order valence-electron chi connectivity index (χ3n) is 3.06. The third kappa shape index (κ3) is 5.37. The molecule has 0 aliphatic rings. The van der Waals surface area contributed by atoms with E-state index in [4.69, 9.17) is 27.9 Å². The van der Waals surface area contributed by atoms with Crippen molar-refractivity contribution < 1.29 is 14.3 Å². The predicted octanol–water partition coefficient (Wildman–Crippen LogP) is 4.32. The fourth-order valence-electron chi connectivity index (χ4n) is 1.82. The summed E-state index contributed by atoms with van der Waals surface area (Å²) >= 11 is 13.6. The van der Waals surface area contributed by atoms with Crippen molar-refractivity contribution >= 4 is 52.5 Å². The molecule has 0 saturated heterocycles. The molecule has 7 heteroatoms. The molecule has 1 atom stereocenters. The average Bonchev–Trinajstić information content (AvgIpc) is 3.05. The normalized spacial score (nSPS) is 12.1. The van der Waals surface area contributed by atoms with Crippen LogP contribution in [0.1, 0.15) is 17.4 Å². The van der Waals surface area contributed by atoms with Crippen LogP contribution in [0.3, 0.4) is 0 Å². The van der Waals surface area contributed by atoms with Crippen LogP contribution in [0.2, 0.25) is 10.0 Å². The Bertz CT molecular complexity index is 724. The largest absolute Gasteiger partial charge is 0.449 e.